The molecule has 0 radical (unpaired) electrons. The molecule has 2 fully saturated rings. The maximum Gasteiger partial charge on any atom is 0.315 e. The third kappa shape index (κ3) is 5.94. The highest BCUT2D eigenvalue weighted by Gasteiger charge is 2.42. The topological polar surface area (TPSA) is 78.4 Å². The summed E-state index contributed by atoms with van der Waals surface area (Å²) in [6, 6.07) is 0.214. The fraction of sp³-hybridized carbons (Fsp3) is 0.875. The van der Waals surface area contributed by atoms with Crippen LogP contribution in [0.4, 0.5) is 4.79 Å². The van der Waals surface area contributed by atoms with Gasteiger partial charge in [0.1, 0.15) is 0 Å². The fourth-order valence-electron chi connectivity index (χ4n) is 3.12. The molecule has 0 saturated heterocycles. The Bertz CT molecular complexity index is 364. The quantitative estimate of drug-likeness (QED) is 0.612. The molecule has 2 saturated carbocycles. The molecule has 1 unspecified atom stereocenters. The van der Waals surface area contributed by atoms with Crippen LogP contribution in [0.15, 0.2) is 0 Å². The molecule has 0 bridgehead atoms. The van der Waals surface area contributed by atoms with E-state index in [0.29, 0.717) is 30.3 Å². The standard InChI is InChI=1S/C16H28N2O3/c1-10(2)7-11(8-14(19)20)9-17-16(21)18-15(12-3-4-12)13-5-6-13/h10-13,15H,3-9H2,1-2H3,(H,19,20)(H2,17,18,21). The molecule has 3 N–H and O–H groups in total. The number of urea groups is 1. The number of aliphatic carboxylic acids is 1. The summed E-state index contributed by atoms with van der Waals surface area (Å²) in [6.45, 7) is 4.59. The maximum absolute atomic E-state index is 12.0. The average molecular weight is 296 g/mol. The van der Waals surface area contributed by atoms with Crippen LogP contribution >= 0.6 is 0 Å². The zero-order valence-electron chi connectivity index (χ0n) is 13.1. The Morgan fingerprint density at radius 1 is 1.14 bits per heavy atom. The molecule has 2 amide bonds. The molecule has 21 heavy (non-hydrogen) atoms. The Labute approximate surface area is 126 Å². The first-order valence-electron chi connectivity index (χ1n) is 8.21. The first-order valence-corrected chi connectivity index (χ1v) is 8.21. The Balaban J connectivity index is 1.73. The second-order valence-corrected chi connectivity index (χ2v) is 7.15. The third-order valence-electron chi connectivity index (χ3n) is 4.38. The van der Waals surface area contributed by atoms with Crippen LogP contribution in [0.5, 0.6) is 0 Å². The predicted octanol–water partition coefficient (Wildman–Crippen LogP) is 2.61. The maximum atomic E-state index is 12.0. The molecule has 2 aliphatic rings. The van der Waals surface area contributed by atoms with Gasteiger partial charge in [-0.05, 0) is 55.8 Å². The molecule has 2 rings (SSSR count). The number of carboxylic acids is 1. The van der Waals surface area contributed by atoms with E-state index in [2.05, 4.69) is 24.5 Å². The zero-order valence-corrected chi connectivity index (χ0v) is 13.1. The van der Waals surface area contributed by atoms with E-state index in [1.807, 2.05) is 0 Å². The lowest BCUT2D eigenvalue weighted by Gasteiger charge is -2.21. The Morgan fingerprint density at radius 2 is 1.71 bits per heavy atom. The lowest BCUT2D eigenvalue weighted by Crippen LogP contribution is -2.45. The van der Waals surface area contributed by atoms with Crippen molar-refractivity contribution in [1.29, 1.82) is 0 Å². The van der Waals surface area contributed by atoms with Crippen LogP contribution in [-0.4, -0.2) is 29.7 Å². The number of nitrogens with one attached hydrogen (secondary N) is 2. The van der Waals surface area contributed by atoms with Gasteiger partial charge in [-0.25, -0.2) is 4.79 Å². The van der Waals surface area contributed by atoms with Crippen molar-refractivity contribution in [3.63, 3.8) is 0 Å². The highest BCUT2D eigenvalue weighted by Crippen LogP contribution is 2.44. The first-order chi connectivity index (χ1) is 9.95. The van der Waals surface area contributed by atoms with Gasteiger partial charge in [0.2, 0.25) is 0 Å². The van der Waals surface area contributed by atoms with Crippen LogP contribution < -0.4 is 10.6 Å². The minimum Gasteiger partial charge on any atom is -0.481 e. The second kappa shape index (κ2) is 7.14. The van der Waals surface area contributed by atoms with Gasteiger partial charge in [-0.15, -0.1) is 0 Å². The zero-order chi connectivity index (χ0) is 15.4. The largest absolute Gasteiger partial charge is 0.481 e. The molecule has 0 aromatic heterocycles. The van der Waals surface area contributed by atoms with Crippen LogP contribution in [0.2, 0.25) is 0 Å². The average Bonchev–Trinajstić information content (AvgIpc) is 3.25. The summed E-state index contributed by atoms with van der Waals surface area (Å²) >= 11 is 0. The van der Waals surface area contributed by atoms with E-state index < -0.39 is 5.97 Å². The monoisotopic (exact) mass is 296 g/mol. The van der Waals surface area contributed by atoms with Crippen molar-refractivity contribution < 1.29 is 14.7 Å². The summed E-state index contributed by atoms with van der Waals surface area (Å²) in [6.07, 6.45) is 5.87. The molecule has 0 aliphatic heterocycles. The normalized spacial score (nSPS) is 19.6. The number of carbonyl (C=O) groups is 2. The minimum atomic E-state index is -0.795. The van der Waals surface area contributed by atoms with Gasteiger partial charge in [0.25, 0.3) is 0 Å². The molecule has 5 nitrogen and oxygen atoms in total. The minimum absolute atomic E-state index is 0.00792. The van der Waals surface area contributed by atoms with E-state index in [9.17, 15) is 9.59 Å². The van der Waals surface area contributed by atoms with Crippen LogP contribution in [0.25, 0.3) is 0 Å². The molecular formula is C16H28N2O3. The van der Waals surface area contributed by atoms with E-state index in [1.165, 1.54) is 25.7 Å². The predicted molar refractivity (Wildman–Crippen MR) is 81.0 cm³/mol. The van der Waals surface area contributed by atoms with E-state index in [4.69, 9.17) is 5.11 Å². The van der Waals surface area contributed by atoms with Gasteiger partial charge in [-0.2, -0.15) is 0 Å². The number of rotatable bonds is 9. The number of hydrogen-bond donors (Lipinski definition) is 3. The molecule has 120 valence electrons. The van der Waals surface area contributed by atoms with E-state index in [1.54, 1.807) is 0 Å². The number of amides is 2. The van der Waals surface area contributed by atoms with Crippen molar-refractivity contribution in [2.24, 2.45) is 23.7 Å². The molecule has 2 aliphatic carbocycles. The Hall–Kier alpha value is -1.26. The summed E-state index contributed by atoms with van der Waals surface area (Å²) in [5.41, 5.74) is 0. The Morgan fingerprint density at radius 3 is 2.14 bits per heavy atom. The van der Waals surface area contributed by atoms with Crippen molar-refractivity contribution >= 4 is 12.0 Å². The van der Waals surface area contributed by atoms with Crippen LogP contribution in [0, 0.1) is 23.7 Å². The molecule has 1 atom stereocenters. The molecule has 0 aromatic rings. The Kier molecular flexibility index (Phi) is 5.48. The molecule has 0 spiro atoms. The van der Waals surface area contributed by atoms with Gasteiger partial charge in [0, 0.05) is 19.0 Å². The first kappa shape index (κ1) is 16.1. The lowest BCUT2D eigenvalue weighted by molar-refractivity contribution is -0.138. The van der Waals surface area contributed by atoms with Crippen molar-refractivity contribution in [3.8, 4) is 0 Å². The van der Waals surface area contributed by atoms with Gasteiger partial charge < -0.3 is 15.7 Å². The lowest BCUT2D eigenvalue weighted by atomic mass is 9.94. The molecule has 5 heteroatoms. The SMILES string of the molecule is CC(C)CC(CNC(=O)NC(C1CC1)C1CC1)CC(=O)O. The smallest absolute Gasteiger partial charge is 0.315 e. The summed E-state index contributed by atoms with van der Waals surface area (Å²) < 4.78 is 0. The van der Waals surface area contributed by atoms with E-state index in [0.717, 1.165) is 6.42 Å². The fourth-order valence-corrected chi connectivity index (χ4v) is 3.12. The van der Waals surface area contributed by atoms with Gasteiger partial charge in [0.05, 0.1) is 0 Å². The van der Waals surface area contributed by atoms with Crippen LogP contribution in [0.3, 0.4) is 0 Å². The van der Waals surface area contributed by atoms with Crippen molar-refractivity contribution in [1.82, 2.24) is 10.6 Å². The number of carboxylic acid groups (broad SMARTS) is 1. The van der Waals surface area contributed by atoms with Crippen molar-refractivity contribution in [2.45, 2.75) is 58.4 Å². The third-order valence-corrected chi connectivity index (χ3v) is 4.38. The van der Waals surface area contributed by atoms with Crippen molar-refractivity contribution in [2.75, 3.05) is 6.54 Å². The van der Waals surface area contributed by atoms with E-state index >= 15 is 0 Å². The van der Waals surface area contributed by atoms with Crippen LogP contribution in [-0.2, 0) is 4.79 Å². The summed E-state index contributed by atoms with van der Waals surface area (Å²) in [7, 11) is 0. The number of carbonyl (C=O) groups excluding carboxylic acids is 1. The van der Waals surface area contributed by atoms with Gasteiger partial charge >= 0.3 is 12.0 Å². The highest BCUT2D eigenvalue weighted by molar-refractivity contribution is 5.74. The number of hydrogen-bond acceptors (Lipinski definition) is 2. The van der Waals surface area contributed by atoms with Crippen molar-refractivity contribution in [3.05, 3.63) is 0 Å². The van der Waals surface area contributed by atoms with E-state index in [-0.39, 0.29) is 18.4 Å². The highest BCUT2D eigenvalue weighted by atomic mass is 16.4. The summed E-state index contributed by atoms with van der Waals surface area (Å²) in [5.74, 6) is 0.998. The summed E-state index contributed by atoms with van der Waals surface area (Å²) in [5, 5.41) is 14.9. The summed E-state index contributed by atoms with van der Waals surface area (Å²) in [4.78, 5) is 22.9. The van der Waals surface area contributed by atoms with Crippen LogP contribution in [0.1, 0.15) is 52.4 Å². The molecule has 0 aromatic carbocycles. The second-order valence-electron chi connectivity index (χ2n) is 7.15. The molecule has 0 heterocycles. The van der Waals surface area contributed by atoms with Gasteiger partial charge in [-0.1, -0.05) is 13.8 Å². The van der Waals surface area contributed by atoms with Gasteiger partial charge in [-0.3, -0.25) is 4.79 Å². The molecular weight excluding hydrogens is 268 g/mol. The van der Waals surface area contributed by atoms with Gasteiger partial charge in [0.15, 0.2) is 0 Å².